The van der Waals surface area contributed by atoms with Gasteiger partial charge in [0.15, 0.2) is 0 Å². The molecule has 0 bridgehead atoms. The second-order valence-electron chi connectivity index (χ2n) is 2.87. The lowest BCUT2D eigenvalue weighted by molar-refractivity contribution is 0.0602. The Morgan fingerprint density at radius 2 is 2.29 bits per heavy atom. The third-order valence-electron chi connectivity index (χ3n) is 1.47. The monoisotopic (exact) mass is 212 g/mol. The lowest BCUT2D eigenvalue weighted by atomic mass is 10.3. The van der Waals surface area contributed by atoms with Crippen molar-refractivity contribution in [3.8, 4) is 0 Å². The fourth-order valence-corrected chi connectivity index (χ4v) is 1.57. The van der Waals surface area contributed by atoms with Crippen molar-refractivity contribution >= 4 is 29.3 Å². The summed E-state index contributed by atoms with van der Waals surface area (Å²) in [6.45, 7) is 0. The van der Waals surface area contributed by atoms with E-state index in [-0.39, 0.29) is 5.97 Å². The lowest BCUT2D eigenvalue weighted by Gasteiger charge is -2.02. The van der Waals surface area contributed by atoms with Crippen LogP contribution in [0.15, 0.2) is 15.8 Å². The molecule has 0 atom stereocenters. The van der Waals surface area contributed by atoms with E-state index < -0.39 is 0 Å². The van der Waals surface area contributed by atoms with Gasteiger partial charge in [0.05, 0.1) is 24.7 Å². The molecule has 0 aliphatic rings. The van der Waals surface area contributed by atoms with Gasteiger partial charge < -0.3 is 9.64 Å². The standard InChI is InChI=1S/C9H12N2O2S/c1-11(2)6-10-8-5-14-4-7(8)9(12)13-3/h4-6H,1-3H3. The van der Waals surface area contributed by atoms with E-state index in [1.54, 1.807) is 16.6 Å². The molecule has 5 heteroatoms. The van der Waals surface area contributed by atoms with Gasteiger partial charge in [-0.05, 0) is 0 Å². The summed E-state index contributed by atoms with van der Waals surface area (Å²) < 4.78 is 4.62. The molecule has 0 fully saturated rings. The van der Waals surface area contributed by atoms with Crippen LogP contribution in [-0.2, 0) is 4.74 Å². The summed E-state index contributed by atoms with van der Waals surface area (Å²) in [6, 6.07) is 0. The van der Waals surface area contributed by atoms with E-state index in [0.29, 0.717) is 11.3 Å². The number of hydrogen-bond acceptors (Lipinski definition) is 4. The van der Waals surface area contributed by atoms with Crippen molar-refractivity contribution in [3.05, 3.63) is 16.3 Å². The molecule has 0 aliphatic heterocycles. The number of carbonyl (C=O) groups excluding carboxylic acids is 1. The summed E-state index contributed by atoms with van der Waals surface area (Å²) in [6.07, 6.45) is 1.65. The maximum absolute atomic E-state index is 11.2. The fraction of sp³-hybridized carbons (Fsp3) is 0.333. The Balaban J connectivity index is 2.88. The van der Waals surface area contributed by atoms with E-state index in [0.717, 1.165) is 0 Å². The molecule has 0 saturated heterocycles. The molecular formula is C9H12N2O2S. The first kappa shape index (κ1) is 10.7. The second-order valence-corrected chi connectivity index (χ2v) is 3.61. The first-order valence-corrected chi connectivity index (χ1v) is 4.94. The quantitative estimate of drug-likeness (QED) is 0.435. The normalized spacial score (nSPS) is 10.5. The second kappa shape index (κ2) is 4.76. The van der Waals surface area contributed by atoms with Crippen molar-refractivity contribution in [1.82, 2.24) is 4.90 Å². The van der Waals surface area contributed by atoms with Gasteiger partial charge in [0.1, 0.15) is 0 Å². The molecule has 0 radical (unpaired) electrons. The van der Waals surface area contributed by atoms with Gasteiger partial charge in [-0.15, -0.1) is 11.3 Å². The van der Waals surface area contributed by atoms with Crippen LogP contribution in [0.2, 0.25) is 0 Å². The first-order valence-electron chi connectivity index (χ1n) is 4.00. The Morgan fingerprint density at radius 3 is 2.86 bits per heavy atom. The smallest absolute Gasteiger partial charge is 0.340 e. The molecule has 0 unspecified atom stereocenters. The van der Waals surface area contributed by atoms with Crippen molar-refractivity contribution in [2.45, 2.75) is 0 Å². The van der Waals surface area contributed by atoms with Crippen LogP contribution in [0.25, 0.3) is 0 Å². The first-order chi connectivity index (χ1) is 6.65. The van der Waals surface area contributed by atoms with Gasteiger partial charge in [0, 0.05) is 24.9 Å². The Hall–Kier alpha value is -1.36. The van der Waals surface area contributed by atoms with Crippen molar-refractivity contribution in [3.63, 3.8) is 0 Å². The lowest BCUT2D eigenvalue weighted by Crippen LogP contribution is -2.07. The zero-order valence-corrected chi connectivity index (χ0v) is 9.17. The van der Waals surface area contributed by atoms with Crippen molar-refractivity contribution in [1.29, 1.82) is 0 Å². The maximum atomic E-state index is 11.2. The Bertz CT molecular complexity index is 344. The van der Waals surface area contributed by atoms with Crippen LogP contribution < -0.4 is 0 Å². The largest absolute Gasteiger partial charge is 0.465 e. The van der Waals surface area contributed by atoms with Gasteiger partial charge in [-0.2, -0.15) is 0 Å². The molecule has 1 aromatic rings. The van der Waals surface area contributed by atoms with E-state index in [1.165, 1.54) is 18.4 Å². The molecule has 0 aliphatic carbocycles. The van der Waals surface area contributed by atoms with E-state index in [4.69, 9.17) is 0 Å². The minimum atomic E-state index is -0.350. The van der Waals surface area contributed by atoms with Crippen LogP contribution in [0, 0.1) is 0 Å². The molecule has 0 N–H and O–H groups in total. The summed E-state index contributed by atoms with van der Waals surface area (Å²) in [5.41, 5.74) is 1.16. The number of thiophene rings is 1. The highest BCUT2D eigenvalue weighted by Gasteiger charge is 2.11. The SMILES string of the molecule is COC(=O)c1cscc1N=CN(C)C. The van der Waals surface area contributed by atoms with Gasteiger partial charge in [-0.3, -0.25) is 0 Å². The number of aliphatic imine (C=N–C) groups is 1. The van der Waals surface area contributed by atoms with E-state index in [9.17, 15) is 4.79 Å². The number of rotatable bonds is 3. The summed E-state index contributed by atoms with van der Waals surface area (Å²) in [5.74, 6) is -0.350. The Kier molecular flexibility index (Phi) is 3.64. The van der Waals surface area contributed by atoms with Crippen molar-refractivity contribution in [2.75, 3.05) is 21.2 Å². The molecule has 1 heterocycles. The summed E-state index contributed by atoms with van der Waals surface area (Å²) in [4.78, 5) is 17.2. The molecule has 0 saturated carbocycles. The molecule has 4 nitrogen and oxygen atoms in total. The van der Waals surface area contributed by atoms with Crippen LogP contribution in [-0.4, -0.2) is 38.4 Å². The summed E-state index contributed by atoms with van der Waals surface area (Å²) in [7, 11) is 5.10. The highest BCUT2D eigenvalue weighted by molar-refractivity contribution is 7.08. The molecule has 1 rings (SSSR count). The van der Waals surface area contributed by atoms with Gasteiger partial charge in [0.2, 0.25) is 0 Å². The molecule has 0 aromatic carbocycles. The fourth-order valence-electron chi connectivity index (χ4n) is 0.831. The topological polar surface area (TPSA) is 41.9 Å². The maximum Gasteiger partial charge on any atom is 0.340 e. The van der Waals surface area contributed by atoms with Crippen molar-refractivity contribution in [2.24, 2.45) is 4.99 Å². The number of methoxy groups -OCH3 is 1. The van der Waals surface area contributed by atoms with E-state index in [2.05, 4.69) is 9.73 Å². The number of carbonyl (C=O) groups is 1. The van der Waals surface area contributed by atoms with Gasteiger partial charge in [-0.1, -0.05) is 0 Å². The number of esters is 1. The van der Waals surface area contributed by atoms with Crippen LogP contribution in [0.3, 0.4) is 0 Å². The highest BCUT2D eigenvalue weighted by atomic mass is 32.1. The van der Waals surface area contributed by atoms with Crippen molar-refractivity contribution < 1.29 is 9.53 Å². The van der Waals surface area contributed by atoms with E-state index >= 15 is 0 Å². The molecular weight excluding hydrogens is 200 g/mol. The number of ether oxygens (including phenoxy) is 1. The summed E-state index contributed by atoms with van der Waals surface area (Å²) in [5, 5.41) is 3.54. The van der Waals surface area contributed by atoms with Gasteiger partial charge in [-0.25, -0.2) is 9.79 Å². The number of nitrogens with zero attached hydrogens (tertiary/aromatic N) is 2. The molecule has 1 aromatic heterocycles. The van der Waals surface area contributed by atoms with Crippen LogP contribution in [0.5, 0.6) is 0 Å². The average Bonchev–Trinajstić information content (AvgIpc) is 2.61. The zero-order valence-electron chi connectivity index (χ0n) is 8.35. The highest BCUT2D eigenvalue weighted by Crippen LogP contribution is 2.24. The molecule has 0 amide bonds. The predicted molar refractivity (Wildman–Crippen MR) is 57.5 cm³/mol. The minimum Gasteiger partial charge on any atom is -0.465 e. The molecule has 14 heavy (non-hydrogen) atoms. The van der Waals surface area contributed by atoms with E-state index in [1.807, 2.05) is 19.5 Å². The van der Waals surface area contributed by atoms with Crippen LogP contribution in [0.1, 0.15) is 10.4 Å². The molecule has 0 spiro atoms. The third kappa shape index (κ3) is 2.56. The molecule has 76 valence electrons. The zero-order chi connectivity index (χ0) is 10.6. The average molecular weight is 212 g/mol. The summed E-state index contributed by atoms with van der Waals surface area (Å²) >= 11 is 1.43. The Labute approximate surface area is 86.8 Å². The van der Waals surface area contributed by atoms with Gasteiger partial charge in [0.25, 0.3) is 0 Å². The van der Waals surface area contributed by atoms with Crippen LogP contribution >= 0.6 is 11.3 Å². The van der Waals surface area contributed by atoms with Gasteiger partial charge >= 0.3 is 5.97 Å². The number of hydrogen-bond donors (Lipinski definition) is 0. The minimum absolute atomic E-state index is 0.350. The predicted octanol–water partition coefficient (Wildman–Crippen LogP) is 1.76. The van der Waals surface area contributed by atoms with Crippen LogP contribution in [0.4, 0.5) is 5.69 Å². The third-order valence-corrected chi connectivity index (χ3v) is 2.21. The Morgan fingerprint density at radius 1 is 1.57 bits per heavy atom.